The lowest BCUT2D eigenvalue weighted by molar-refractivity contribution is -0.138. The maximum absolute atomic E-state index is 10.8. The highest BCUT2D eigenvalue weighted by Crippen LogP contribution is 2.22. The Morgan fingerprint density at radius 3 is 2.85 bits per heavy atom. The van der Waals surface area contributed by atoms with Crippen LogP contribution in [0, 0.1) is 19.8 Å². The molecular weight excluding hydrogens is 250 g/mol. The molecule has 1 N–H and O–H groups in total. The van der Waals surface area contributed by atoms with Gasteiger partial charge in [0, 0.05) is 13.0 Å². The van der Waals surface area contributed by atoms with Gasteiger partial charge in [-0.15, -0.1) is 0 Å². The minimum Gasteiger partial charge on any atom is -0.481 e. The largest absolute Gasteiger partial charge is 0.481 e. The zero-order chi connectivity index (χ0) is 14.5. The molecule has 1 aliphatic rings. The van der Waals surface area contributed by atoms with E-state index in [2.05, 4.69) is 36.9 Å². The highest BCUT2D eigenvalue weighted by atomic mass is 16.4. The van der Waals surface area contributed by atoms with Crippen LogP contribution in [0.5, 0.6) is 0 Å². The first kappa shape index (κ1) is 15.0. The first-order chi connectivity index (χ1) is 9.54. The number of aryl methyl sites for hydroxylation is 2. The number of likely N-dealkylation sites (tertiary alicyclic amines) is 1. The molecule has 3 nitrogen and oxygen atoms in total. The minimum absolute atomic E-state index is 0.331. The third-order valence-corrected chi connectivity index (χ3v) is 4.30. The fraction of sp³-hybridized carbons (Fsp3) is 0.588. The molecular formula is C17H25NO2. The van der Waals surface area contributed by atoms with Crippen molar-refractivity contribution in [2.45, 2.75) is 46.1 Å². The van der Waals surface area contributed by atoms with Crippen molar-refractivity contribution in [2.24, 2.45) is 5.92 Å². The molecule has 2 rings (SSSR count). The molecule has 0 amide bonds. The Morgan fingerprint density at radius 2 is 2.10 bits per heavy atom. The van der Waals surface area contributed by atoms with Gasteiger partial charge in [0.2, 0.25) is 0 Å². The Hall–Kier alpha value is -1.35. The first-order valence-corrected chi connectivity index (χ1v) is 7.55. The number of hydrogen-bond acceptors (Lipinski definition) is 2. The van der Waals surface area contributed by atoms with Crippen molar-refractivity contribution in [2.75, 3.05) is 13.1 Å². The summed E-state index contributed by atoms with van der Waals surface area (Å²) in [6, 6.07) is 6.62. The molecule has 0 bridgehead atoms. The van der Waals surface area contributed by atoms with Gasteiger partial charge in [-0.05, 0) is 63.2 Å². The van der Waals surface area contributed by atoms with E-state index in [4.69, 9.17) is 5.11 Å². The molecule has 0 spiro atoms. The van der Waals surface area contributed by atoms with Crippen molar-refractivity contribution >= 4 is 5.97 Å². The monoisotopic (exact) mass is 275 g/mol. The number of rotatable bonds is 4. The SMILES string of the molecule is Cc1ccc(C)c(CN2CCC[C@@H](CC(=O)O)CC2)c1. The van der Waals surface area contributed by atoms with Crippen molar-refractivity contribution in [1.29, 1.82) is 0 Å². The lowest BCUT2D eigenvalue weighted by Gasteiger charge is -2.21. The molecule has 1 saturated heterocycles. The predicted octanol–water partition coefficient (Wildman–Crippen LogP) is 3.38. The summed E-state index contributed by atoms with van der Waals surface area (Å²) in [5.74, 6) is -0.297. The van der Waals surface area contributed by atoms with Crippen LogP contribution in [-0.4, -0.2) is 29.1 Å². The van der Waals surface area contributed by atoms with Gasteiger partial charge in [-0.2, -0.15) is 0 Å². The van der Waals surface area contributed by atoms with E-state index in [0.717, 1.165) is 38.9 Å². The normalized spacial score (nSPS) is 20.6. The van der Waals surface area contributed by atoms with Gasteiger partial charge >= 0.3 is 5.97 Å². The van der Waals surface area contributed by atoms with Crippen LogP contribution in [0.25, 0.3) is 0 Å². The second kappa shape index (κ2) is 6.89. The van der Waals surface area contributed by atoms with Crippen LogP contribution in [0.1, 0.15) is 42.4 Å². The van der Waals surface area contributed by atoms with E-state index in [1.807, 2.05) is 0 Å². The average molecular weight is 275 g/mol. The number of carbonyl (C=O) groups is 1. The lowest BCUT2D eigenvalue weighted by atomic mass is 9.97. The summed E-state index contributed by atoms with van der Waals surface area (Å²) in [7, 11) is 0. The maximum Gasteiger partial charge on any atom is 0.303 e. The van der Waals surface area contributed by atoms with Crippen LogP contribution >= 0.6 is 0 Å². The average Bonchev–Trinajstić information content (AvgIpc) is 2.59. The van der Waals surface area contributed by atoms with Gasteiger partial charge in [0.05, 0.1) is 0 Å². The second-order valence-corrected chi connectivity index (χ2v) is 6.10. The van der Waals surface area contributed by atoms with E-state index < -0.39 is 5.97 Å². The Bertz CT molecular complexity index is 470. The smallest absolute Gasteiger partial charge is 0.303 e. The highest BCUT2D eigenvalue weighted by molar-refractivity contribution is 5.67. The van der Waals surface area contributed by atoms with Crippen LogP contribution in [0.4, 0.5) is 0 Å². The summed E-state index contributed by atoms with van der Waals surface area (Å²) in [6.07, 6.45) is 3.51. The predicted molar refractivity (Wildman–Crippen MR) is 80.8 cm³/mol. The molecule has 1 fully saturated rings. The van der Waals surface area contributed by atoms with Gasteiger partial charge in [-0.3, -0.25) is 9.69 Å². The first-order valence-electron chi connectivity index (χ1n) is 7.55. The van der Waals surface area contributed by atoms with Gasteiger partial charge in [0.25, 0.3) is 0 Å². The molecule has 1 heterocycles. The third-order valence-electron chi connectivity index (χ3n) is 4.30. The molecule has 0 saturated carbocycles. The van der Waals surface area contributed by atoms with Crippen LogP contribution in [0.2, 0.25) is 0 Å². The number of carboxylic acids is 1. The number of benzene rings is 1. The van der Waals surface area contributed by atoms with Crippen molar-refractivity contribution in [1.82, 2.24) is 4.90 Å². The van der Waals surface area contributed by atoms with E-state index in [1.54, 1.807) is 0 Å². The minimum atomic E-state index is -0.655. The Labute approximate surface area is 121 Å². The summed E-state index contributed by atoms with van der Waals surface area (Å²) in [5.41, 5.74) is 4.06. The summed E-state index contributed by atoms with van der Waals surface area (Å²) >= 11 is 0. The molecule has 0 aliphatic carbocycles. The van der Waals surface area contributed by atoms with Crippen molar-refractivity contribution < 1.29 is 9.90 Å². The molecule has 20 heavy (non-hydrogen) atoms. The summed E-state index contributed by atoms with van der Waals surface area (Å²) in [5, 5.41) is 8.91. The molecule has 0 radical (unpaired) electrons. The molecule has 1 atom stereocenters. The molecule has 110 valence electrons. The fourth-order valence-corrected chi connectivity index (χ4v) is 3.05. The summed E-state index contributed by atoms with van der Waals surface area (Å²) in [4.78, 5) is 13.3. The Kier molecular flexibility index (Phi) is 5.18. The van der Waals surface area contributed by atoms with E-state index in [-0.39, 0.29) is 0 Å². The quantitative estimate of drug-likeness (QED) is 0.915. The topological polar surface area (TPSA) is 40.5 Å². The van der Waals surface area contributed by atoms with Gasteiger partial charge in [0.15, 0.2) is 0 Å². The van der Waals surface area contributed by atoms with Crippen molar-refractivity contribution in [3.63, 3.8) is 0 Å². The van der Waals surface area contributed by atoms with Gasteiger partial charge in [0.1, 0.15) is 0 Å². The van der Waals surface area contributed by atoms with Crippen molar-refractivity contribution in [3.05, 3.63) is 34.9 Å². The standard InChI is InChI=1S/C17H25NO2/c1-13-5-6-14(2)16(10-13)12-18-8-3-4-15(7-9-18)11-17(19)20/h5-6,10,15H,3-4,7-9,11-12H2,1-2H3,(H,19,20)/t15-/m1/s1. The third kappa shape index (κ3) is 4.34. The van der Waals surface area contributed by atoms with Gasteiger partial charge in [-0.1, -0.05) is 23.8 Å². The molecule has 3 heteroatoms. The van der Waals surface area contributed by atoms with Crippen LogP contribution in [0.3, 0.4) is 0 Å². The fourth-order valence-electron chi connectivity index (χ4n) is 3.05. The van der Waals surface area contributed by atoms with Crippen molar-refractivity contribution in [3.8, 4) is 0 Å². The lowest BCUT2D eigenvalue weighted by Crippen LogP contribution is -2.24. The van der Waals surface area contributed by atoms with Crippen LogP contribution < -0.4 is 0 Å². The van der Waals surface area contributed by atoms with Gasteiger partial charge in [-0.25, -0.2) is 0 Å². The summed E-state index contributed by atoms with van der Waals surface area (Å²) < 4.78 is 0. The highest BCUT2D eigenvalue weighted by Gasteiger charge is 2.19. The van der Waals surface area contributed by atoms with E-state index in [1.165, 1.54) is 16.7 Å². The number of hydrogen-bond donors (Lipinski definition) is 1. The second-order valence-electron chi connectivity index (χ2n) is 6.10. The van der Waals surface area contributed by atoms with E-state index in [9.17, 15) is 4.79 Å². The number of carboxylic acid groups (broad SMARTS) is 1. The summed E-state index contributed by atoms with van der Waals surface area (Å²) in [6.45, 7) is 7.40. The number of aliphatic carboxylic acids is 1. The van der Waals surface area contributed by atoms with E-state index >= 15 is 0 Å². The Balaban J connectivity index is 1.94. The zero-order valence-electron chi connectivity index (χ0n) is 12.6. The molecule has 0 aromatic heterocycles. The van der Waals surface area contributed by atoms with E-state index in [0.29, 0.717) is 12.3 Å². The van der Waals surface area contributed by atoms with Gasteiger partial charge < -0.3 is 5.11 Å². The Morgan fingerprint density at radius 1 is 1.30 bits per heavy atom. The molecule has 1 aromatic rings. The molecule has 1 aromatic carbocycles. The van der Waals surface area contributed by atoms with Crippen LogP contribution in [-0.2, 0) is 11.3 Å². The zero-order valence-corrected chi connectivity index (χ0v) is 12.6. The van der Waals surface area contributed by atoms with Crippen LogP contribution in [0.15, 0.2) is 18.2 Å². The molecule has 0 unspecified atom stereocenters. The molecule has 1 aliphatic heterocycles. The number of nitrogens with zero attached hydrogens (tertiary/aromatic N) is 1. The maximum atomic E-state index is 10.8.